The van der Waals surface area contributed by atoms with Crippen LogP contribution >= 0.6 is 0 Å². The summed E-state index contributed by atoms with van der Waals surface area (Å²) in [5.41, 5.74) is 0. The molecular formula is C11H20O3. The van der Waals surface area contributed by atoms with Crippen molar-refractivity contribution in [3.8, 4) is 0 Å². The minimum Gasteiger partial charge on any atom is -0.478 e. The van der Waals surface area contributed by atoms with E-state index in [4.69, 9.17) is 10.2 Å². The number of carbonyl (C=O) groups is 1. The molecule has 0 rings (SSSR count). The van der Waals surface area contributed by atoms with Crippen molar-refractivity contribution < 1.29 is 15.0 Å². The number of unbranched alkanes of at least 4 members (excludes halogenated alkanes) is 6. The van der Waals surface area contributed by atoms with Gasteiger partial charge in [-0.15, -0.1) is 0 Å². The first kappa shape index (κ1) is 13.2. The summed E-state index contributed by atoms with van der Waals surface area (Å²) in [6, 6.07) is 0. The number of allylic oxidation sites excluding steroid dienone is 1. The fraction of sp³-hybridized carbons (Fsp3) is 0.727. The molecule has 0 aromatic heterocycles. The van der Waals surface area contributed by atoms with Gasteiger partial charge in [0.2, 0.25) is 0 Å². The van der Waals surface area contributed by atoms with E-state index in [0.29, 0.717) is 6.61 Å². The first-order chi connectivity index (χ1) is 6.77. The van der Waals surface area contributed by atoms with E-state index in [1.54, 1.807) is 6.08 Å². The van der Waals surface area contributed by atoms with Gasteiger partial charge in [0.25, 0.3) is 0 Å². The average Bonchev–Trinajstić information content (AvgIpc) is 2.15. The number of aliphatic carboxylic acids is 1. The highest BCUT2D eigenvalue weighted by Crippen LogP contribution is 2.07. The van der Waals surface area contributed by atoms with E-state index in [-0.39, 0.29) is 0 Å². The van der Waals surface area contributed by atoms with Crippen LogP contribution in [0.5, 0.6) is 0 Å². The monoisotopic (exact) mass is 200 g/mol. The minimum atomic E-state index is -0.868. The lowest BCUT2D eigenvalue weighted by atomic mass is 10.1. The second-order valence-corrected chi connectivity index (χ2v) is 3.37. The normalized spacial score (nSPS) is 10.9. The fourth-order valence-electron chi connectivity index (χ4n) is 1.27. The van der Waals surface area contributed by atoms with E-state index >= 15 is 0 Å². The van der Waals surface area contributed by atoms with E-state index in [0.717, 1.165) is 32.1 Å². The highest BCUT2D eigenvalue weighted by atomic mass is 16.4. The van der Waals surface area contributed by atoms with E-state index in [1.807, 2.05) is 0 Å². The predicted octanol–water partition coefficient (Wildman–Crippen LogP) is 2.35. The molecule has 0 bridgehead atoms. The molecule has 0 saturated carbocycles. The predicted molar refractivity (Wildman–Crippen MR) is 56.2 cm³/mol. The number of carboxylic acids is 1. The van der Waals surface area contributed by atoms with Crippen LogP contribution in [0.1, 0.15) is 44.9 Å². The Labute approximate surface area is 85.4 Å². The van der Waals surface area contributed by atoms with Gasteiger partial charge in [0, 0.05) is 12.7 Å². The molecule has 0 radical (unpaired) electrons. The third kappa shape index (κ3) is 11.2. The molecule has 0 heterocycles. The Balaban J connectivity index is 3.02. The molecule has 14 heavy (non-hydrogen) atoms. The van der Waals surface area contributed by atoms with Gasteiger partial charge in [-0.05, 0) is 19.3 Å². The largest absolute Gasteiger partial charge is 0.478 e. The van der Waals surface area contributed by atoms with Gasteiger partial charge in [0.15, 0.2) is 0 Å². The molecule has 0 saturated heterocycles. The summed E-state index contributed by atoms with van der Waals surface area (Å²) in [6.07, 6.45) is 10.3. The smallest absolute Gasteiger partial charge is 0.327 e. The molecular weight excluding hydrogens is 180 g/mol. The summed E-state index contributed by atoms with van der Waals surface area (Å²) >= 11 is 0. The van der Waals surface area contributed by atoms with Crippen LogP contribution in [-0.2, 0) is 4.79 Å². The van der Waals surface area contributed by atoms with Gasteiger partial charge in [0.1, 0.15) is 0 Å². The summed E-state index contributed by atoms with van der Waals surface area (Å²) in [5, 5.41) is 16.8. The van der Waals surface area contributed by atoms with Gasteiger partial charge in [-0.1, -0.05) is 31.8 Å². The number of aliphatic hydroxyl groups is 1. The first-order valence-electron chi connectivity index (χ1n) is 5.27. The molecule has 0 unspecified atom stereocenters. The van der Waals surface area contributed by atoms with Crippen LogP contribution < -0.4 is 0 Å². The summed E-state index contributed by atoms with van der Waals surface area (Å²) in [4.78, 5) is 10.1. The molecule has 0 aromatic carbocycles. The van der Waals surface area contributed by atoms with Gasteiger partial charge in [-0.3, -0.25) is 0 Å². The van der Waals surface area contributed by atoms with Gasteiger partial charge >= 0.3 is 5.97 Å². The van der Waals surface area contributed by atoms with Crippen LogP contribution in [0.25, 0.3) is 0 Å². The van der Waals surface area contributed by atoms with Crippen LogP contribution in [0.15, 0.2) is 12.2 Å². The molecule has 0 aliphatic heterocycles. The highest BCUT2D eigenvalue weighted by Gasteiger charge is 1.90. The summed E-state index contributed by atoms with van der Waals surface area (Å²) in [5.74, 6) is -0.868. The standard InChI is InChI=1S/C11H20O3/c12-10-8-6-4-2-1-3-5-7-9-11(13)14/h7,9,12H,1-6,8,10H2,(H,13,14). The second kappa shape index (κ2) is 10.3. The van der Waals surface area contributed by atoms with Crippen molar-refractivity contribution >= 4 is 5.97 Å². The van der Waals surface area contributed by atoms with Crippen LogP contribution in [0, 0.1) is 0 Å². The molecule has 3 nitrogen and oxygen atoms in total. The highest BCUT2D eigenvalue weighted by molar-refractivity contribution is 5.79. The fourth-order valence-corrected chi connectivity index (χ4v) is 1.27. The number of rotatable bonds is 9. The molecule has 0 aliphatic carbocycles. The average molecular weight is 200 g/mol. The maximum Gasteiger partial charge on any atom is 0.327 e. The zero-order valence-corrected chi connectivity index (χ0v) is 8.61. The van der Waals surface area contributed by atoms with Crippen LogP contribution in [0.4, 0.5) is 0 Å². The lowest BCUT2D eigenvalue weighted by Gasteiger charge is -1.98. The topological polar surface area (TPSA) is 57.5 Å². The Kier molecular flexibility index (Phi) is 9.64. The molecule has 0 amide bonds. The van der Waals surface area contributed by atoms with Crippen LogP contribution in [0.3, 0.4) is 0 Å². The summed E-state index contributed by atoms with van der Waals surface area (Å²) < 4.78 is 0. The second-order valence-electron chi connectivity index (χ2n) is 3.37. The number of aliphatic hydroxyl groups excluding tert-OH is 1. The van der Waals surface area contributed by atoms with Gasteiger partial charge in [-0.2, -0.15) is 0 Å². The molecule has 0 fully saturated rings. The van der Waals surface area contributed by atoms with Crippen molar-refractivity contribution in [3.63, 3.8) is 0 Å². The SMILES string of the molecule is O=C(O)C=CCCCCCCCCO. The van der Waals surface area contributed by atoms with Crippen LogP contribution in [-0.4, -0.2) is 22.8 Å². The number of hydrogen-bond donors (Lipinski definition) is 2. The lowest BCUT2D eigenvalue weighted by molar-refractivity contribution is -0.131. The van der Waals surface area contributed by atoms with E-state index < -0.39 is 5.97 Å². The van der Waals surface area contributed by atoms with Crippen molar-refractivity contribution in [2.75, 3.05) is 6.61 Å². The van der Waals surface area contributed by atoms with Crippen molar-refractivity contribution in [1.82, 2.24) is 0 Å². The van der Waals surface area contributed by atoms with Crippen molar-refractivity contribution in [3.05, 3.63) is 12.2 Å². The number of carboxylic acid groups (broad SMARTS) is 1. The van der Waals surface area contributed by atoms with E-state index in [9.17, 15) is 4.79 Å². The van der Waals surface area contributed by atoms with Gasteiger partial charge < -0.3 is 10.2 Å². The molecule has 0 spiro atoms. The maximum atomic E-state index is 10.1. The minimum absolute atomic E-state index is 0.293. The summed E-state index contributed by atoms with van der Waals surface area (Å²) in [7, 11) is 0. The van der Waals surface area contributed by atoms with Crippen molar-refractivity contribution in [2.24, 2.45) is 0 Å². The van der Waals surface area contributed by atoms with Gasteiger partial charge in [-0.25, -0.2) is 4.79 Å². The summed E-state index contributed by atoms with van der Waals surface area (Å²) in [6.45, 7) is 0.293. The van der Waals surface area contributed by atoms with Crippen molar-refractivity contribution in [1.29, 1.82) is 0 Å². The molecule has 82 valence electrons. The molecule has 2 N–H and O–H groups in total. The number of hydrogen-bond acceptors (Lipinski definition) is 2. The molecule has 0 aromatic rings. The molecule has 0 aliphatic rings. The Morgan fingerprint density at radius 1 is 1.00 bits per heavy atom. The zero-order valence-electron chi connectivity index (χ0n) is 8.61. The van der Waals surface area contributed by atoms with E-state index in [2.05, 4.69) is 0 Å². The lowest BCUT2D eigenvalue weighted by Crippen LogP contribution is -1.86. The Morgan fingerprint density at radius 2 is 1.57 bits per heavy atom. The quantitative estimate of drug-likeness (QED) is 0.443. The third-order valence-corrected chi connectivity index (χ3v) is 2.04. The maximum absolute atomic E-state index is 10.1. The first-order valence-corrected chi connectivity index (χ1v) is 5.27. The Bertz CT molecular complexity index is 164. The Morgan fingerprint density at radius 3 is 2.14 bits per heavy atom. The third-order valence-electron chi connectivity index (χ3n) is 2.04. The van der Waals surface area contributed by atoms with E-state index in [1.165, 1.54) is 18.9 Å². The zero-order chi connectivity index (χ0) is 10.6. The van der Waals surface area contributed by atoms with Crippen LogP contribution in [0.2, 0.25) is 0 Å². The van der Waals surface area contributed by atoms with Crippen molar-refractivity contribution in [2.45, 2.75) is 44.9 Å². The van der Waals surface area contributed by atoms with Gasteiger partial charge in [0.05, 0.1) is 0 Å². The Hall–Kier alpha value is -0.830. The molecule has 3 heteroatoms. The molecule has 0 atom stereocenters.